The number of nitriles is 1. The number of hydrogen-bond acceptors (Lipinski definition) is 8. The molecule has 2 aliphatic carbocycles. The van der Waals surface area contributed by atoms with Crippen molar-refractivity contribution in [3.63, 3.8) is 0 Å². The number of alkyl halides is 2. The second-order valence-corrected chi connectivity index (χ2v) is 10.8. The SMILES string of the molecule is CC1(C#N)CC(N)(c2ncc(-c3ccn4nc5c(c4n3)C3CC5NC(=O)c4cccc(OC(F)F)c43)cn2)C1. The van der Waals surface area contributed by atoms with E-state index >= 15 is 0 Å². The molecule has 0 spiro atoms. The first kappa shape index (κ1) is 23.6. The standard InChI is InChI=1S/C27H22F2N8O2/c1-26(12-30)10-27(31,11-26)24-32-8-13(9-33-24)16-5-6-37-22(34-16)20-15-7-17(21(20)36-37)35-23(38)14-3-2-4-18(19(14)15)39-25(28)29/h2-6,8-9,15,17,25H,7,10-11,31H2,1H3,(H,35,38). The van der Waals surface area contributed by atoms with Gasteiger partial charge in [-0.05, 0) is 44.4 Å². The van der Waals surface area contributed by atoms with Crippen molar-refractivity contribution in [1.29, 1.82) is 5.26 Å². The number of halogens is 2. The van der Waals surface area contributed by atoms with E-state index in [-0.39, 0.29) is 17.7 Å². The third-order valence-corrected chi connectivity index (χ3v) is 7.95. The lowest BCUT2D eigenvalue weighted by atomic mass is 9.59. The molecule has 1 aliphatic heterocycles. The first-order chi connectivity index (χ1) is 18.7. The molecule has 0 radical (unpaired) electrons. The summed E-state index contributed by atoms with van der Waals surface area (Å²) >= 11 is 0. The molecule has 196 valence electrons. The highest BCUT2D eigenvalue weighted by molar-refractivity contribution is 5.98. The van der Waals surface area contributed by atoms with Gasteiger partial charge in [-0.2, -0.15) is 19.1 Å². The quantitative estimate of drug-likeness (QED) is 0.409. The summed E-state index contributed by atoms with van der Waals surface area (Å²) in [7, 11) is 0. The van der Waals surface area contributed by atoms with Crippen LogP contribution in [0.2, 0.25) is 0 Å². The van der Waals surface area contributed by atoms with Gasteiger partial charge in [0.05, 0.1) is 34.5 Å². The Morgan fingerprint density at radius 2 is 2.00 bits per heavy atom. The lowest BCUT2D eigenvalue weighted by Crippen LogP contribution is -2.54. The lowest BCUT2D eigenvalue weighted by molar-refractivity contribution is -0.0505. The molecule has 4 aromatic rings. The number of nitrogens with one attached hydrogen (secondary N) is 1. The Hall–Kier alpha value is -4.50. The number of hydrogen-bond donors (Lipinski definition) is 2. The fourth-order valence-corrected chi connectivity index (χ4v) is 6.40. The van der Waals surface area contributed by atoms with Gasteiger partial charge in [-0.3, -0.25) is 4.79 Å². The van der Waals surface area contributed by atoms with Gasteiger partial charge in [0.1, 0.15) is 11.6 Å². The molecule has 3 aromatic heterocycles. The van der Waals surface area contributed by atoms with E-state index in [0.717, 1.165) is 5.56 Å². The maximum atomic E-state index is 13.3. The van der Waals surface area contributed by atoms with Crippen LogP contribution < -0.4 is 15.8 Å². The van der Waals surface area contributed by atoms with Gasteiger partial charge in [0, 0.05) is 46.8 Å². The average Bonchev–Trinajstić information content (AvgIpc) is 3.39. The van der Waals surface area contributed by atoms with E-state index in [1.54, 1.807) is 35.2 Å². The molecule has 1 saturated carbocycles. The Balaban J connectivity index is 1.29. The van der Waals surface area contributed by atoms with Crippen LogP contribution in [0, 0.1) is 16.7 Å². The van der Waals surface area contributed by atoms with Gasteiger partial charge in [-0.1, -0.05) is 6.07 Å². The minimum Gasteiger partial charge on any atom is -0.434 e. The van der Waals surface area contributed by atoms with E-state index in [1.807, 2.05) is 6.92 Å². The third kappa shape index (κ3) is 3.50. The molecule has 12 heteroatoms. The van der Waals surface area contributed by atoms with Crippen LogP contribution in [0.15, 0.2) is 42.9 Å². The van der Waals surface area contributed by atoms with Crippen molar-refractivity contribution in [1.82, 2.24) is 29.9 Å². The number of fused-ring (bicyclic) bond motifs is 9. The van der Waals surface area contributed by atoms with Gasteiger partial charge >= 0.3 is 6.61 Å². The molecule has 2 atom stereocenters. The van der Waals surface area contributed by atoms with Gasteiger partial charge in [-0.15, -0.1) is 0 Å². The van der Waals surface area contributed by atoms with Crippen LogP contribution in [0.1, 0.15) is 71.1 Å². The summed E-state index contributed by atoms with van der Waals surface area (Å²) in [5, 5.41) is 17.0. The van der Waals surface area contributed by atoms with E-state index in [4.69, 9.17) is 15.5 Å². The smallest absolute Gasteiger partial charge is 0.387 e. The summed E-state index contributed by atoms with van der Waals surface area (Å²) in [6.45, 7) is -1.16. The predicted molar refractivity (Wildman–Crippen MR) is 133 cm³/mol. The first-order valence-electron chi connectivity index (χ1n) is 12.5. The van der Waals surface area contributed by atoms with Gasteiger partial charge in [0.25, 0.3) is 5.91 Å². The Labute approximate surface area is 220 Å². The molecule has 3 aliphatic rings. The second-order valence-electron chi connectivity index (χ2n) is 10.8. The van der Waals surface area contributed by atoms with Crippen molar-refractivity contribution in [3.05, 3.63) is 71.1 Å². The van der Waals surface area contributed by atoms with Gasteiger partial charge in [-0.25, -0.2) is 19.5 Å². The summed E-state index contributed by atoms with van der Waals surface area (Å²) in [6.07, 6.45) is 6.50. The first-order valence-corrected chi connectivity index (χ1v) is 12.5. The summed E-state index contributed by atoms with van der Waals surface area (Å²) in [5.41, 5.74) is 9.16. The van der Waals surface area contributed by atoms with Crippen molar-refractivity contribution in [2.75, 3.05) is 0 Å². The molecular formula is C27H22F2N8O2. The van der Waals surface area contributed by atoms with Crippen molar-refractivity contribution in [2.45, 2.75) is 50.3 Å². The highest BCUT2D eigenvalue weighted by Crippen LogP contribution is 2.52. The molecule has 7 rings (SSSR count). The Morgan fingerprint density at radius 1 is 1.23 bits per heavy atom. The molecule has 3 N–H and O–H groups in total. The number of nitrogens with zero attached hydrogens (tertiary/aromatic N) is 6. The second kappa shape index (κ2) is 8.00. The molecule has 0 saturated heterocycles. The third-order valence-electron chi connectivity index (χ3n) is 7.95. The van der Waals surface area contributed by atoms with E-state index < -0.39 is 23.5 Å². The van der Waals surface area contributed by atoms with Crippen LogP contribution in [-0.2, 0) is 5.54 Å². The van der Waals surface area contributed by atoms with Crippen LogP contribution in [0.5, 0.6) is 5.75 Å². The summed E-state index contributed by atoms with van der Waals surface area (Å²) in [6, 6.07) is 8.27. The van der Waals surface area contributed by atoms with Gasteiger partial charge in [0.2, 0.25) is 0 Å². The molecule has 1 aromatic carbocycles. The van der Waals surface area contributed by atoms with E-state index in [9.17, 15) is 18.8 Å². The van der Waals surface area contributed by atoms with Crippen molar-refractivity contribution >= 4 is 11.6 Å². The molecular weight excluding hydrogens is 506 g/mol. The predicted octanol–water partition coefficient (Wildman–Crippen LogP) is 3.59. The number of amides is 1. The summed E-state index contributed by atoms with van der Waals surface area (Å²) in [5.74, 6) is -0.327. The van der Waals surface area contributed by atoms with Gasteiger partial charge < -0.3 is 15.8 Å². The monoisotopic (exact) mass is 528 g/mol. The van der Waals surface area contributed by atoms with Crippen LogP contribution in [0.3, 0.4) is 0 Å². The fraction of sp³-hybridized carbons (Fsp3) is 0.333. The zero-order chi connectivity index (χ0) is 27.1. The molecule has 4 heterocycles. The number of carbonyl (C=O) groups is 1. The zero-order valence-electron chi connectivity index (χ0n) is 20.7. The van der Waals surface area contributed by atoms with Crippen LogP contribution >= 0.6 is 0 Å². The maximum absolute atomic E-state index is 13.3. The molecule has 39 heavy (non-hydrogen) atoms. The van der Waals surface area contributed by atoms with E-state index in [0.29, 0.717) is 58.8 Å². The van der Waals surface area contributed by atoms with Crippen LogP contribution in [0.25, 0.3) is 16.9 Å². The van der Waals surface area contributed by atoms with Crippen molar-refractivity contribution < 1.29 is 18.3 Å². The highest BCUT2D eigenvalue weighted by atomic mass is 19.3. The number of nitrogens with two attached hydrogens (primary N) is 1. The van der Waals surface area contributed by atoms with Gasteiger partial charge in [0.15, 0.2) is 5.65 Å². The largest absolute Gasteiger partial charge is 0.434 e. The highest BCUT2D eigenvalue weighted by Gasteiger charge is 2.52. The molecule has 2 unspecified atom stereocenters. The topological polar surface area (TPSA) is 144 Å². The number of rotatable bonds is 4. The molecule has 10 nitrogen and oxygen atoms in total. The molecule has 1 fully saturated rings. The summed E-state index contributed by atoms with van der Waals surface area (Å²) < 4.78 is 33.0. The number of ether oxygens (including phenoxy) is 1. The average molecular weight is 529 g/mol. The number of carbonyl (C=O) groups excluding carboxylic acids is 1. The normalized spacial score (nSPS) is 26.8. The number of aromatic nitrogens is 5. The minimum atomic E-state index is -3.03. The lowest BCUT2D eigenvalue weighted by Gasteiger charge is -2.47. The molecule has 1 amide bonds. The van der Waals surface area contributed by atoms with Crippen LogP contribution in [0.4, 0.5) is 8.78 Å². The number of benzene rings is 1. The Kier molecular flexibility index (Phi) is 4.84. The van der Waals surface area contributed by atoms with Crippen LogP contribution in [-0.4, -0.2) is 37.1 Å². The maximum Gasteiger partial charge on any atom is 0.387 e. The molecule has 2 bridgehead atoms. The summed E-state index contributed by atoms with van der Waals surface area (Å²) in [4.78, 5) is 26.8. The van der Waals surface area contributed by atoms with E-state index in [2.05, 4.69) is 26.5 Å². The Bertz CT molecular complexity index is 1710. The van der Waals surface area contributed by atoms with Crippen molar-refractivity contribution in [3.8, 4) is 23.1 Å². The Morgan fingerprint density at radius 3 is 2.72 bits per heavy atom. The van der Waals surface area contributed by atoms with E-state index in [1.165, 1.54) is 12.1 Å². The minimum absolute atomic E-state index is 0.0325. The zero-order valence-corrected chi connectivity index (χ0v) is 20.7. The fourth-order valence-electron chi connectivity index (χ4n) is 6.40. The van der Waals surface area contributed by atoms with Crippen molar-refractivity contribution in [2.24, 2.45) is 11.1 Å².